The molecule has 5 heteroatoms. The molecule has 0 fully saturated rings. The highest BCUT2D eigenvalue weighted by Crippen LogP contribution is 2.19. The summed E-state index contributed by atoms with van der Waals surface area (Å²) < 4.78 is 13.2. The standard InChI is InChI=1S/C11H13ClFNO2/c1-7(15)2-5-11(16)14-10-6-8(12)3-4-9(10)13/h3-4,6-7,15H,2,5H2,1H3,(H,14,16). The summed E-state index contributed by atoms with van der Waals surface area (Å²) in [5.74, 6) is -0.878. The van der Waals surface area contributed by atoms with E-state index in [9.17, 15) is 9.18 Å². The fourth-order valence-corrected chi connectivity index (χ4v) is 1.32. The fourth-order valence-electron chi connectivity index (χ4n) is 1.15. The molecule has 0 aliphatic rings. The Morgan fingerprint density at radius 2 is 2.31 bits per heavy atom. The Morgan fingerprint density at radius 3 is 2.94 bits per heavy atom. The van der Waals surface area contributed by atoms with E-state index in [4.69, 9.17) is 16.7 Å². The van der Waals surface area contributed by atoms with Crippen LogP contribution in [0.5, 0.6) is 0 Å². The molecule has 0 saturated heterocycles. The van der Waals surface area contributed by atoms with E-state index < -0.39 is 11.9 Å². The van der Waals surface area contributed by atoms with Gasteiger partial charge >= 0.3 is 0 Å². The molecule has 16 heavy (non-hydrogen) atoms. The van der Waals surface area contributed by atoms with E-state index in [0.29, 0.717) is 11.4 Å². The molecule has 0 aliphatic carbocycles. The summed E-state index contributed by atoms with van der Waals surface area (Å²) >= 11 is 5.67. The van der Waals surface area contributed by atoms with E-state index in [2.05, 4.69) is 5.32 Å². The minimum atomic E-state index is -0.546. The lowest BCUT2D eigenvalue weighted by Gasteiger charge is -2.07. The first-order chi connectivity index (χ1) is 7.49. The second-order valence-electron chi connectivity index (χ2n) is 3.56. The van der Waals surface area contributed by atoms with E-state index in [0.717, 1.165) is 0 Å². The molecule has 1 atom stereocenters. The van der Waals surface area contributed by atoms with Crippen molar-refractivity contribution < 1.29 is 14.3 Å². The number of amides is 1. The normalized spacial score (nSPS) is 12.2. The van der Waals surface area contributed by atoms with Crippen LogP contribution in [0.4, 0.5) is 10.1 Å². The number of aliphatic hydroxyl groups is 1. The lowest BCUT2D eigenvalue weighted by molar-refractivity contribution is -0.116. The van der Waals surface area contributed by atoms with Gasteiger partial charge in [0, 0.05) is 11.4 Å². The number of rotatable bonds is 4. The molecule has 1 rings (SSSR count). The molecule has 1 unspecified atom stereocenters. The van der Waals surface area contributed by atoms with Gasteiger partial charge in [-0.2, -0.15) is 0 Å². The molecule has 88 valence electrons. The van der Waals surface area contributed by atoms with Crippen LogP contribution in [0.15, 0.2) is 18.2 Å². The van der Waals surface area contributed by atoms with E-state index in [1.54, 1.807) is 6.92 Å². The maximum atomic E-state index is 13.2. The van der Waals surface area contributed by atoms with Crippen molar-refractivity contribution in [3.63, 3.8) is 0 Å². The average Bonchev–Trinajstić information content (AvgIpc) is 2.20. The van der Waals surface area contributed by atoms with Crippen molar-refractivity contribution in [2.75, 3.05) is 5.32 Å². The third-order valence-electron chi connectivity index (χ3n) is 1.99. The zero-order chi connectivity index (χ0) is 12.1. The quantitative estimate of drug-likeness (QED) is 0.857. The van der Waals surface area contributed by atoms with Crippen LogP contribution in [0.2, 0.25) is 5.02 Å². The van der Waals surface area contributed by atoms with Gasteiger partial charge in [-0.15, -0.1) is 0 Å². The van der Waals surface area contributed by atoms with E-state index in [1.807, 2.05) is 0 Å². The number of carbonyl (C=O) groups is 1. The zero-order valence-corrected chi connectivity index (χ0v) is 9.59. The van der Waals surface area contributed by atoms with Crippen LogP contribution in [0.25, 0.3) is 0 Å². The Labute approximate surface area is 98.2 Å². The van der Waals surface area contributed by atoms with Crippen molar-refractivity contribution in [1.29, 1.82) is 0 Å². The highest BCUT2D eigenvalue weighted by molar-refractivity contribution is 6.30. The van der Waals surface area contributed by atoms with Gasteiger partial charge in [0.25, 0.3) is 0 Å². The predicted molar refractivity (Wildman–Crippen MR) is 61.0 cm³/mol. The van der Waals surface area contributed by atoms with E-state index in [1.165, 1.54) is 18.2 Å². The summed E-state index contributed by atoms with van der Waals surface area (Å²) in [7, 11) is 0. The van der Waals surface area contributed by atoms with Gasteiger partial charge in [0.2, 0.25) is 5.91 Å². The van der Waals surface area contributed by atoms with E-state index >= 15 is 0 Å². The van der Waals surface area contributed by atoms with Crippen molar-refractivity contribution >= 4 is 23.2 Å². The Kier molecular flexibility index (Phi) is 4.71. The second-order valence-corrected chi connectivity index (χ2v) is 4.00. The number of hydrogen-bond donors (Lipinski definition) is 2. The second kappa shape index (κ2) is 5.82. The molecular formula is C11H13ClFNO2. The zero-order valence-electron chi connectivity index (χ0n) is 8.84. The molecule has 0 heterocycles. The molecule has 0 spiro atoms. The SMILES string of the molecule is CC(O)CCC(=O)Nc1cc(Cl)ccc1F. The Morgan fingerprint density at radius 1 is 1.62 bits per heavy atom. The van der Waals surface area contributed by atoms with Gasteiger partial charge in [-0.3, -0.25) is 4.79 Å². The summed E-state index contributed by atoms with van der Waals surface area (Å²) in [6.07, 6.45) is -0.0626. The van der Waals surface area contributed by atoms with Crippen molar-refractivity contribution in [3.8, 4) is 0 Å². The van der Waals surface area contributed by atoms with Gasteiger partial charge in [0.05, 0.1) is 11.8 Å². The van der Waals surface area contributed by atoms with Crippen molar-refractivity contribution in [3.05, 3.63) is 29.0 Å². The third-order valence-corrected chi connectivity index (χ3v) is 2.23. The number of halogens is 2. The predicted octanol–water partition coefficient (Wildman–Crippen LogP) is 2.58. The Hall–Kier alpha value is -1.13. The van der Waals surface area contributed by atoms with E-state index in [-0.39, 0.29) is 18.0 Å². The highest BCUT2D eigenvalue weighted by Gasteiger charge is 2.08. The molecule has 0 bridgehead atoms. The van der Waals surface area contributed by atoms with Gasteiger partial charge in [0.15, 0.2) is 0 Å². The first-order valence-electron chi connectivity index (χ1n) is 4.92. The molecule has 1 aromatic carbocycles. The molecule has 1 aromatic rings. The topological polar surface area (TPSA) is 49.3 Å². The minimum absolute atomic E-state index is 0.0584. The van der Waals surface area contributed by atoms with Gasteiger partial charge in [-0.25, -0.2) is 4.39 Å². The number of anilines is 1. The summed E-state index contributed by atoms with van der Waals surface area (Å²) in [6, 6.07) is 3.94. The number of hydrogen-bond acceptors (Lipinski definition) is 2. The fraction of sp³-hybridized carbons (Fsp3) is 0.364. The number of nitrogens with one attached hydrogen (secondary N) is 1. The Balaban J connectivity index is 2.59. The minimum Gasteiger partial charge on any atom is -0.393 e. The van der Waals surface area contributed by atoms with Crippen LogP contribution in [0.1, 0.15) is 19.8 Å². The number of carbonyl (C=O) groups excluding carboxylic acids is 1. The molecule has 0 saturated carbocycles. The van der Waals surface area contributed by atoms with Crippen molar-refractivity contribution in [2.45, 2.75) is 25.9 Å². The Bertz CT molecular complexity index is 382. The molecule has 2 N–H and O–H groups in total. The molecule has 0 aliphatic heterocycles. The molecule has 0 aromatic heterocycles. The first kappa shape index (κ1) is 12.9. The third kappa shape index (κ3) is 4.16. The number of benzene rings is 1. The summed E-state index contributed by atoms with van der Waals surface area (Å²) in [4.78, 5) is 11.3. The van der Waals surface area contributed by atoms with Crippen molar-refractivity contribution in [1.82, 2.24) is 0 Å². The van der Waals surface area contributed by atoms with Gasteiger partial charge < -0.3 is 10.4 Å². The average molecular weight is 246 g/mol. The van der Waals surface area contributed by atoms with Gasteiger partial charge in [-0.1, -0.05) is 11.6 Å². The van der Waals surface area contributed by atoms with Gasteiger partial charge in [0.1, 0.15) is 5.82 Å². The molecule has 3 nitrogen and oxygen atoms in total. The lowest BCUT2D eigenvalue weighted by atomic mass is 10.2. The van der Waals surface area contributed by atoms with Crippen LogP contribution in [0, 0.1) is 5.82 Å². The molecule has 1 amide bonds. The van der Waals surface area contributed by atoms with Crippen molar-refractivity contribution in [2.24, 2.45) is 0 Å². The monoisotopic (exact) mass is 245 g/mol. The lowest BCUT2D eigenvalue weighted by Crippen LogP contribution is -2.14. The van der Waals surface area contributed by atoms with Crippen LogP contribution in [0.3, 0.4) is 0 Å². The maximum absolute atomic E-state index is 13.2. The largest absolute Gasteiger partial charge is 0.393 e. The molecular weight excluding hydrogens is 233 g/mol. The summed E-state index contributed by atoms with van der Waals surface area (Å²) in [6.45, 7) is 1.59. The summed E-state index contributed by atoms with van der Waals surface area (Å²) in [5, 5.41) is 11.7. The highest BCUT2D eigenvalue weighted by atomic mass is 35.5. The molecule has 0 radical (unpaired) electrons. The summed E-state index contributed by atoms with van der Waals surface area (Å²) in [5.41, 5.74) is 0.0584. The number of aliphatic hydroxyl groups excluding tert-OH is 1. The van der Waals surface area contributed by atoms with Crippen LogP contribution < -0.4 is 5.32 Å². The maximum Gasteiger partial charge on any atom is 0.224 e. The van der Waals surface area contributed by atoms with Crippen LogP contribution in [-0.2, 0) is 4.79 Å². The van der Waals surface area contributed by atoms with Gasteiger partial charge in [-0.05, 0) is 31.5 Å². The smallest absolute Gasteiger partial charge is 0.224 e. The van der Waals surface area contributed by atoms with Crippen LogP contribution >= 0.6 is 11.6 Å². The van der Waals surface area contributed by atoms with Crippen LogP contribution in [-0.4, -0.2) is 17.1 Å². The first-order valence-corrected chi connectivity index (χ1v) is 5.30.